The fourth-order valence-corrected chi connectivity index (χ4v) is 4.11. The van der Waals surface area contributed by atoms with Crippen molar-refractivity contribution in [3.63, 3.8) is 0 Å². The van der Waals surface area contributed by atoms with Crippen molar-refractivity contribution in [1.82, 2.24) is 4.90 Å². The molecule has 1 heterocycles. The van der Waals surface area contributed by atoms with Gasteiger partial charge in [0.2, 0.25) is 0 Å². The molecular weight excluding hydrogens is 386 g/mol. The van der Waals surface area contributed by atoms with Crippen LogP contribution in [-0.4, -0.2) is 32.7 Å². The molecule has 4 rings (SSSR count). The number of benzene rings is 3. The van der Waals surface area contributed by atoms with Crippen LogP contribution in [0.4, 0.5) is 11.4 Å². The van der Waals surface area contributed by atoms with Crippen LogP contribution in [0.2, 0.25) is 0 Å². The lowest BCUT2D eigenvalue weighted by molar-refractivity contribution is 0.482. The Morgan fingerprint density at radius 1 is 0.966 bits per heavy atom. The maximum atomic E-state index is 12.7. The molecule has 0 aromatic heterocycles. The van der Waals surface area contributed by atoms with E-state index in [9.17, 15) is 8.42 Å². The Labute approximate surface area is 170 Å². The fourth-order valence-electron chi connectivity index (χ4n) is 3.04. The first kappa shape index (κ1) is 19.0. The standard InChI is InChI=1S/C22H21N3O3S/c1-3-25(2)22-18-15-16(24-29(26,27)17-9-5-4-6-10-17)13-14-20(18)28-21-12-8-7-11-19(21)23-22/h4-15,24H,3H2,1-2H3. The molecule has 1 aliphatic rings. The van der Waals surface area contributed by atoms with Gasteiger partial charge in [0.15, 0.2) is 5.75 Å². The highest BCUT2D eigenvalue weighted by atomic mass is 32.2. The highest BCUT2D eigenvalue weighted by Crippen LogP contribution is 2.38. The summed E-state index contributed by atoms with van der Waals surface area (Å²) in [6, 6.07) is 21.0. The van der Waals surface area contributed by atoms with Gasteiger partial charge in [-0.2, -0.15) is 0 Å². The van der Waals surface area contributed by atoms with Gasteiger partial charge in [0.1, 0.15) is 17.3 Å². The number of hydrogen-bond acceptors (Lipinski definition) is 5. The van der Waals surface area contributed by atoms with Gasteiger partial charge in [-0.1, -0.05) is 30.3 Å². The lowest BCUT2D eigenvalue weighted by Crippen LogP contribution is -2.27. The SMILES string of the molecule is CCN(C)C1=Nc2ccccc2Oc2ccc(NS(=O)(=O)c3ccccc3)cc21. The van der Waals surface area contributed by atoms with E-state index in [4.69, 9.17) is 9.73 Å². The van der Waals surface area contributed by atoms with Crippen LogP contribution >= 0.6 is 0 Å². The minimum Gasteiger partial charge on any atom is -0.454 e. The molecule has 0 saturated carbocycles. The van der Waals surface area contributed by atoms with E-state index in [0.717, 1.165) is 17.8 Å². The molecule has 0 bridgehead atoms. The average Bonchev–Trinajstić information content (AvgIpc) is 2.90. The van der Waals surface area contributed by atoms with Crippen LogP contribution < -0.4 is 9.46 Å². The molecule has 0 spiro atoms. The van der Waals surface area contributed by atoms with Gasteiger partial charge < -0.3 is 9.64 Å². The molecule has 6 nitrogen and oxygen atoms in total. The number of nitrogens with one attached hydrogen (secondary N) is 1. The molecule has 148 valence electrons. The quantitative estimate of drug-likeness (QED) is 0.685. The molecule has 29 heavy (non-hydrogen) atoms. The van der Waals surface area contributed by atoms with Crippen LogP contribution in [0.1, 0.15) is 12.5 Å². The summed E-state index contributed by atoms with van der Waals surface area (Å²) in [5, 5.41) is 0. The van der Waals surface area contributed by atoms with E-state index in [-0.39, 0.29) is 4.90 Å². The number of ether oxygens (including phenoxy) is 1. The summed E-state index contributed by atoms with van der Waals surface area (Å²) in [6.07, 6.45) is 0. The van der Waals surface area contributed by atoms with Crippen molar-refractivity contribution in [2.75, 3.05) is 18.3 Å². The molecule has 0 aliphatic carbocycles. The lowest BCUT2D eigenvalue weighted by atomic mass is 10.1. The summed E-state index contributed by atoms with van der Waals surface area (Å²) in [4.78, 5) is 6.99. The lowest BCUT2D eigenvalue weighted by Gasteiger charge is -2.20. The Kier molecular flexibility index (Phi) is 4.98. The second-order valence-corrected chi connectivity index (χ2v) is 8.33. The number of rotatable bonds is 4. The number of para-hydroxylation sites is 2. The molecule has 0 unspecified atom stereocenters. The van der Waals surface area contributed by atoms with Gasteiger partial charge in [-0.05, 0) is 49.4 Å². The van der Waals surface area contributed by atoms with E-state index in [1.54, 1.807) is 48.5 Å². The van der Waals surface area contributed by atoms with Crippen LogP contribution in [0.3, 0.4) is 0 Å². The first-order valence-electron chi connectivity index (χ1n) is 9.27. The molecule has 1 N–H and O–H groups in total. The number of fused-ring (bicyclic) bond motifs is 2. The third-order valence-electron chi connectivity index (χ3n) is 4.67. The minimum absolute atomic E-state index is 0.207. The molecule has 7 heteroatoms. The summed E-state index contributed by atoms with van der Waals surface area (Å²) < 4.78 is 34.1. The number of sulfonamides is 1. The summed E-state index contributed by atoms with van der Waals surface area (Å²) in [7, 11) is -1.75. The predicted octanol–water partition coefficient (Wildman–Crippen LogP) is 4.62. The second kappa shape index (κ2) is 7.60. The van der Waals surface area contributed by atoms with Gasteiger partial charge in [0, 0.05) is 19.3 Å². The van der Waals surface area contributed by atoms with Crippen molar-refractivity contribution in [3.05, 3.63) is 78.4 Å². The predicted molar refractivity (Wildman–Crippen MR) is 115 cm³/mol. The van der Waals surface area contributed by atoms with Crippen molar-refractivity contribution in [2.45, 2.75) is 11.8 Å². The largest absolute Gasteiger partial charge is 0.454 e. The Bertz CT molecular complexity index is 1170. The van der Waals surface area contributed by atoms with Crippen molar-refractivity contribution in [1.29, 1.82) is 0 Å². The molecule has 1 aliphatic heterocycles. The number of nitrogens with zero attached hydrogens (tertiary/aromatic N) is 2. The van der Waals surface area contributed by atoms with Gasteiger partial charge in [0.05, 0.1) is 10.5 Å². The maximum absolute atomic E-state index is 12.7. The number of anilines is 1. The van der Waals surface area contributed by atoms with Crippen LogP contribution in [-0.2, 0) is 10.0 Å². The first-order chi connectivity index (χ1) is 14.0. The molecule has 0 amide bonds. The van der Waals surface area contributed by atoms with E-state index in [2.05, 4.69) is 4.72 Å². The molecule has 0 fully saturated rings. The Morgan fingerprint density at radius 3 is 2.45 bits per heavy atom. The van der Waals surface area contributed by atoms with Crippen molar-refractivity contribution in [3.8, 4) is 11.5 Å². The van der Waals surface area contributed by atoms with E-state index < -0.39 is 10.0 Å². The summed E-state index contributed by atoms with van der Waals surface area (Å²) in [5.41, 5.74) is 1.89. The zero-order valence-corrected chi connectivity index (χ0v) is 17.0. The fraction of sp³-hybridized carbons (Fsp3) is 0.136. The van der Waals surface area contributed by atoms with Crippen molar-refractivity contribution < 1.29 is 13.2 Å². The van der Waals surface area contributed by atoms with Crippen LogP contribution in [0.5, 0.6) is 11.5 Å². The second-order valence-electron chi connectivity index (χ2n) is 6.65. The minimum atomic E-state index is -3.69. The van der Waals surface area contributed by atoms with Gasteiger partial charge in [-0.25, -0.2) is 13.4 Å². The third-order valence-corrected chi connectivity index (χ3v) is 6.07. The maximum Gasteiger partial charge on any atom is 0.261 e. The van der Waals surface area contributed by atoms with Gasteiger partial charge in [-0.3, -0.25) is 4.72 Å². The zero-order valence-electron chi connectivity index (χ0n) is 16.2. The first-order valence-corrected chi connectivity index (χ1v) is 10.8. The van der Waals surface area contributed by atoms with Crippen LogP contribution in [0.25, 0.3) is 0 Å². The number of hydrogen-bond donors (Lipinski definition) is 1. The van der Waals surface area contributed by atoms with Crippen LogP contribution in [0.15, 0.2) is 82.7 Å². The molecule has 0 saturated heterocycles. The molecular formula is C22H21N3O3S. The molecule has 3 aromatic carbocycles. The van der Waals surface area contributed by atoms with E-state index in [0.29, 0.717) is 23.0 Å². The molecule has 3 aromatic rings. The van der Waals surface area contributed by atoms with Crippen LogP contribution in [0, 0.1) is 0 Å². The van der Waals surface area contributed by atoms with Gasteiger partial charge in [0.25, 0.3) is 10.0 Å². The van der Waals surface area contributed by atoms with Crippen molar-refractivity contribution in [2.24, 2.45) is 4.99 Å². The van der Waals surface area contributed by atoms with Crippen molar-refractivity contribution >= 4 is 27.2 Å². The highest BCUT2D eigenvalue weighted by molar-refractivity contribution is 7.92. The Balaban J connectivity index is 1.78. The Hall–Kier alpha value is -3.32. The summed E-state index contributed by atoms with van der Waals surface area (Å²) in [5.74, 6) is 2.00. The monoisotopic (exact) mass is 407 g/mol. The number of amidine groups is 1. The average molecular weight is 407 g/mol. The Morgan fingerprint density at radius 2 is 1.69 bits per heavy atom. The molecule has 0 radical (unpaired) electrons. The summed E-state index contributed by atoms with van der Waals surface area (Å²) in [6.45, 7) is 2.77. The number of aliphatic imine (C=N–C) groups is 1. The highest BCUT2D eigenvalue weighted by Gasteiger charge is 2.22. The smallest absolute Gasteiger partial charge is 0.261 e. The van der Waals surface area contributed by atoms with E-state index in [1.807, 2.05) is 43.1 Å². The van der Waals surface area contributed by atoms with E-state index >= 15 is 0 Å². The normalized spacial score (nSPS) is 12.7. The third kappa shape index (κ3) is 3.82. The van der Waals surface area contributed by atoms with Gasteiger partial charge in [-0.15, -0.1) is 0 Å². The topological polar surface area (TPSA) is 71.0 Å². The summed E-state index contributed by atoms with van der Waals surface area (Å²) >= 11 is 0. The van der Waals surface area contributed by atoms with E-state index in [1.165, 1.54) is 0 Å². The van der Waals surface area contributed by atoms with Gasteiger partial charge >= 0.3 is 0 Å². The zero-order chi connectivity index (χ0) is 20.4. The molecule has 0 atom stereocenters.